The topological polar surface area (TPSA) is 83.8 Å². The summed E-state index contributed by atoms with van der Waals surface area (Å²) in [4.78, 5) is -0.242. The Morgan fingerprint density at radius 2 is 2.14 bits per heavy atom. The van der Waals surface area contributed by atoms with E-state index in [0.717, 1.165) is 6.07 Å². The van der Waals surface area contributed by atoms with E-state index in [1.165, 1.54) is 12.1 Å². The van der Waals surface area contributed by atoms with Crippen LogP contribution in [-0.4, -0.2) is 31.3 Å². The minimum atomic E-state index is -4.18. The van der Waals surface area contributed by atoms with Gasteiger partial charge in [0.15, 0.2) is 0 Å². The Morgan fingerprint density at radius 3 is 2.57 bits per heavy atom. The molecule has 14 heavy (non-hydrogen) atoms. The second-order valence-electron chi connectivity index (χ2n) is 2.44. The van der Waals surface area contributed by atoms with Gasteiger partial charge in [0.25, 0.3) is 10.1 Å². The van der Waals surface area contributed by atoms with Crippen molar-refractivity contribution in [1.29, 1.82) is 0 Å². The third kappa shape index (κ3) is 2.99. The summed E-state index contributed by atoms with van der Waals surface area (Å²) in [5.41, 5.74) is 0. The summed E-state index contributed by atoms with van der Waals surface area (Å²) in [6, 6.07) is 6.14. The molecule has 0 saturated carbocycles. The molecule has 0 aromatic heterocycles. The van der Waals surface area contributed by atoms with Crippen LogP contribution in [0.1, 0.15) is 0 Å². The Morgan fingerprint density at radius 1 is 1.43 bits per heavy atom. The number of benzene rings is 1. The molecule has 77 valence electrons. The fourth-order valence-electron chi connectivity index (χ4n) is 0.802. The third-order valence-corrected chi connectivity index (χ3v) is 2.25. The lowest BCUT2D eigenvalue weighted by Gasteiger charge is -2.03. The highest BCUT2D eigenvalue weighted by atomic mass is 32.2. The minimum absolute atomic E-state index is 0.113. The van der Waals surface area contributed by atoms with E-state index in [1.54, 1.807) is 0 Å². The molecule has 0 atom stereocenters. The highest BCUT2D eigenvalue weighted by Gasteiger charge is 2.08. The van der Waals surface area contributed by atoms with E-state index >= 15 is 0 Å². The molecule has 0 aliphatic heterocycles. The zero-order valence-electron chi connectivity index (χ0n) is 7.17. The zero-order valence-corrected chi connectivity index (χ0v) is 7.99. The van der Waals surface area contributed by atoms with Crippen molar-refractivity contribution in [1.82, 2.24) is 0 Å². The lowest BCUT2D eigenvalue weighted by molar-refractivity contribution is 0.201. The predicted molar refractivity (Wildman–Crippen MR) is 47.7 cm³/mol. The Bertz CT molecular complexity index is 381. The first-order valence-corrected chi connectivity index (χ1v) is 5.21. The van der Waals surface area contributed by atoms with Crippen molar-refractivity contribution in [2.45, 2.75) is 4.90 Å². The van der Waals surface area contributed by atoms with Crippen molar-refractivity contribution in [2.75, 3.05) is 13.2 Å². The van der Waals surface area contributed by atoms with Gasteiger partial charge in [-0.1, -0.05) is 0 Å². The third-order valence-electron chi connectivity index (χ3n) is 1.40. The van der Waals surface area contributed by atoms with Crippen LogP contribution in [0.2, 0.25) is 0 Å². The zero-order chi connectivity index (χ0) is 10.6. The molecule has 0 saturated heterocycles. The molecular formula is C8H9O5S. The largest absolute Gasteiger partial charge is 0.491 e. The lowest BCUT2D eigenvalue weighted by atomic mass is 10.3. The van der Waals surface area contributed by atoms with Crippen LogP contribution in [0.15, 0.2) is 23.1 Å². The second kappa shape index (κ2) is 4.41. The molecular weight excluding hydrogens is 208 g/mol. The second-order valence-corrected chi connectivity index (χ2v) is 3.86. The molecule has 1 radical (unpaired) electrons. The fourth-order valence-corrected chi connectivity index (χ4v) is 1.25. The molecule has 2 N–H and O–H groups in total. The van der Waals surface area contributed by atoms with Crippen molar-refractivity contribution in [3.05, 3.63) is 24.3 Å². The standard InChI is InChI=1S/C8H9O5S/c9-5-6-13-7-1-3-8(4-2-7)14(10,11)12/h1,3-4,9H,5-6H2,(H,10,11,12). The average Bonchev–Trinajstić information content (AvgIpc) is 2.14. The molecule has 0 bridgehead atoms. The fraction of sp³-hybridized carbons (Fsp3) is 0.250. The van der Waals surface area contributed by atoms with E-state index in [2.05, 4.69) is 6.07 Å². The molecule has 0 aliphatic rings. The Hall–Kier alpha value is -1.11. The molecule has 0 fully saturated rings. The lowest BCUT2D eigenvalue weighted by Crippen LogP contribution is -2.02. The predicted octanol–water partition coefficient (Wildman–Crippen LogP) is 0.105. The van der Waals surface area contributed by atoms with Crippen LogP contribution in [-0.2, 0) is 10.1 Å². The summed E-state index contributed by atoms with van der Waals surface area (Å²) in [6.45, 7) is -0.0182. The maximum Gasteiger partial charge on any atom is 0.294 e. The molecule has 5 nitrogen and oxygen atoms in total. The van der Waals surface area contributed by atoms with E-state index in [-0.39, 0.29) is 18.1 Å². The van der Waals surface area contributed by atoms with Gasteiger partial charge in [0.1, 0.15) is 12.4 Å². The van der Waals surface area contributed by atoms with Crippen molar-refractivity contribution < 1.29 is 22.8 Å². The van der Waals surface area contributed by atoms with Crippen LogP contribution in [0, 0.1) is 6.07 Å². The van der Waals surface area contributed by atoms with Crippen molar-refractivity contribution in [3.8, 4) is 5.75 Å². The van der Waals surface area contributed by atoms with Gasteiger partial charge in [-0.3, -0.25) is 4.55 Å². The molecule has 0 spiro atoms. The van der Waals surface area contributed by atoms with Crippen LogP contribution in [0.5, 0.6) is 5.75 Å². The number of hydrogen-bond donors (Lipinski definition) is 2. The number of aliphatic hydroxyl groups is 1. The monoisotopic (exact) mass is 217 g/mol. The number of ether oxygens (including phenoxy) is 1. The van der Waals surface area contributed by atoms with Gasteiger partial charge in [-0.2, -0.15) is 8.42 Å². The number of aliphatic hydroxyl groups excluding tert-OH is 1. The van der Waals surface area contributed by atoms with Gasteiger partial charge in [0, 0.05) is 6.07 Å². The van der Waals surface area contributed by atoms with Gasteiger partial charge in [-0.15, -0.1) is 0 Å². The maximum atomic E-state index is 10.6. The summed E-state index contributed by atoms with van der Waals surface area (Å²) in [6.07, 6.45) is 0. The molecule has 0 heterocycles. The van der Waals surface area contributed by atoms with Crippen LogP contribution in [0.4, 0.5) is 0 Å². The highest BCUT2D eigenvalue weighted by Crippen LogP contribution is 2.14. The first-order valence-electron chi connectivity index (χ1n) is 3.77. The molecule has 1 aromatic carbocycles. The van der Waals surface area contributed by atoms with Gasteiger partial charge in [-0.05, 0) is 18.2 Å². The highest BCUT2D eigenvalue weighted by molar-refractivity contribution is 7.85. The Kier molecular flexibility index (Phi) is 3.45. The molecule has 0 aliphatic carbocycles. The summed E-state index contributed by atoms with van der Waals surface area (Å²) >= 11 is 0. The molecule has 6 heteroatoms. The summed E-state index contributed by atoms with van der Waals surface area (Å²) in [5.74, 6) is 0.312. The number of rotatable bonds is 4. The van der Waals surface area contributed by atoms with Gasteiger partial charge in [0.05, 0.1) is 11.5 Å². The van der Waals surface area contributed by atoms with Crippen molar-refractivity contribution in [2.24, 2.45) is 0 Å². The minimum Gasteiger partial charge on any atom is -0.491 e. The van der Waals surface area contributed by atoms with E-state index in [4.69, 9.17) is 14.4 Å². The summed E-state index contributed by atoms with van der Waals surface area (Å²) in [7, 11) is -4.18. The van der Waals surface area contributed by atoms with Crippen molar-refractivity contribution >= 4 is 10.1 Å². The molecule has 0 unspecified atom stereocenters. The normalized spacial score (nSPS) is 11.3. The van der Waals surface area contributed by atoms with Gasteiger partial charge in [-0.25, -0.2) is 0 Å². The molecule has 1 aromatic rings. The quantitative estimate of drug-likeness (QED) is 0.699. The average molecular weight is 217 g/mol. The van der Waals surface area contributed by atoms with E-state index < -0.39 is 10.1 Å². The van der Waals surface area contributed by atoms with Crippen LogP contribution in [0.25, 0.3) is 0 Å². The van der Waals surface area contributed by atoms with E-state index in [9.17, 15) is 8.42 Å². The SMILES string of the molecule is O=S(=O)(O)c1c[c]c(OCCO)cc1. The molecule has 0 amide bonds. The summed E-state index contributed by atoms with van der Waals surface area (Å²) in [5, 5.41) is 8.44. The van der Waals surface area contributed by atoms with Crippen LogP contribution in [0.3, 0.4) is 0 Å². The van der Waals surface area contributed by atoms with E-state index in [0.29, 0.717) is 5.75 Å². The number of hydrogen-bond acceptors (Lipinski definition) is 4. The maximum absolute atomic E-state index is 10.6. The smallest absolute Gasteiger partial charge is 0.294 e. The molecule has 1 rings (SSSR count). The van der Waals surface area contributed by atoms with Gasteiger partial charge < -0.3 is 9.84 Å². The Labute approximate surface area is 81.7 Å². The van der Waals surface area contributed by atoms with Gasteiger partial charge in [0.2, 0.25) is 0 Å². The van der Waals surface area contributed by atoms with E-state index in [1.807, 2.05) is 0 Å². The Balaban J connectivity index is 2.79. The van der Waals surface area contributed by atoms with Gasteiger partial charge >= 0.3 is 0 Å². The first kappa shape index (κ1) is 11.0. The summed E-state index contributed by atoms with van der Waals surface area (Å²) < 4.78 is 34.8. The van der Waals surface area contributed by atoms with Crippen LogP contribution >= 0.6 is 0 Å². The van der Waals surface area contributed by atoms with Crippen molar-refractivity contribution in [3.63, 3.8) is 0 Å². The first-order chi connectivity index (χ1) is 6.54. The van der Waals surface area contributed by atoms with Crippen LogP contribution < -0.4 is 4.74 Å².